The van der Waals surface area contributed by atoms with Gasteiger partial charge in [0.15, 0.2) is 0 Å². The molecular weight excluding hydrogens is 322 g/mol. The predicted octanol–water partition coefficient (Wildman–Crippen LogP) is -0.914. The van der Waals surface area contributed by atoms with E-state index in [1.54, 1.807) is 13.8 Å². The van der Waals surface area contributed by atoms with Crippen molar-refractivity contribution in [2.45, 2.75) is 26.7 Å². The lowest BCUT2D eigenvalue weighted by molar-refractivity contribution is -0.143. The van der Waals surface area contributed by atoms with E-state index in [2.05, 4.69) is 35.2 Å². The van der Waals surface area contributed by atoms with Gasteiger partial charge in [-0.3, -0.25) is 19.2 Å². The van der Waals surface area contributed by atoms with Gasteiger partial charge in [0, 0.05) is 6.42 Å². The molecule has 1 amide bonds. The SMILES string of the molecule is CCOC(=O)CCC(=O)c1nnc(C(=O)NCC(=O)OCC)nn1. The number of nitrogens with one attached hydrogen (secondary N) is 1. The molecule has 130 valence electrons. The normalized spacial score (nSPS) is 9.92. The molecule has 1 aromatic rings. The summed E-state index contributed by atoms with van der Waals surface area (Å²) in [6, 6.07) is 0. The Labute approximate surface area is 137 Å². The van der Waals surface area contributed by atoms with Crippen LogP contribution in [0.4, 0.5) is 0 Å². The Bertz CT molecular complexity index is 550. The van der Waals surface area contributed by atoms with Gasteiger partial charge in [-0.1, -0.05) is 0 Å². The molecule has 1 N–H and O–H groups in total. The maximum atomic E-state index is 11.7. The smallest absolute Gasteiger partial charge is 0.325 e. The lowest BCUT2D eigenvalue weighted by atomic mass is 10.2. The molecule has 0 aliphatic heterocycles. The average molecular weight is 339 g/mol. The van der Waals surface area contributed by atoms with Crippen molar-refractivity contribution in [3.05, 3.63) is 11.6 Å². The molecule has 1 heterocycles. The highest BCUT2D eigenvalue weighted by Gasteiger charge is 2.17. The molecule has 0 spiro atoms. The third-order valence-electron chi connectivity index (χ3n) is 2.49. The molecule has 0 aromatic carbocycles. The molecule has 0 radical (unpaired) electrons. The zero-order valence-corrected chi connectivity index (χ0v) is 13.3. The summed E-state index contributed by atoms with van der Waals surface area (Å²) in [7, 11) is 0. The van der Waals surface area contributed by atoms with Crippen LogP contribution in [0.15, 0.2) is 0 Å². The second-order valence-corrected chi connectivity index (χ2v) is 4.26. The van der Waals surface area contributed by atoms with Crippen LogP contribution in [-0.2, 0) is 19.1 Å². The van der Waals surface area contributed by atoms with Crippen molar-refractivity contribution in [2.75, 3.05) is 19.8 Å². The van der Waals surface area contributed by atoms with Crippen LogP contribution in [0.3, 0.4) is 0 Å². The lowest BCUT2D eigenvalue weighted by Crippen LogP contribution is -2.32. The second kappa shape index (κ2) is 9.92. The molecule has 1 rings (SSSR count). The molecule has 1 aromatic heterocycles. The minimum Gasteiger partial charge on any atom is -0.466 e. The number of rotatable bonds is 9. The number of nitrogens with zero attached hydrogens (tertiary/aromatic N) is 4. The maximum Gasteiger partial charge on any atom is 0.325 e. The molecule has 0 unspecified atom stereocenters. The van der Waals surface area contributed by atoms with Gasteiger partial charge in [-0.05, 0) is 13.8 Å². The van der Waals surface area contributed by atoms with Gasteiger partial charge in [0.05, 0.1) is 19.6 Å². The molecule has 0 aliphatic rings. The van der Waals surface area contributed by atoms with E-state index in [4.69, 9.17) is 0 Å². The summed E-state index contributed by atoms with van der Waals surface area (Å²) in [6.07, 6.45) is -0.269. The Morgan fingerprint density at radius 1 is 0.833 bits per heavy atom. The quantitative estimate of drug-likeness (QED) is 0.442. The Hall–Kier alpha value is -2.98. The first-order valence-electron chi connectivity index (χ1n) is 7.17. The Morgan fingerprint density at radius 3 is 1.96 bits per heavy atom. The van der Waals surface area contributed by atoms with Gasteiger partial charge < -0.3 is 14.8 Å². The third kappa shape index (κ3) is 6.42. The van der Waals surface area contributed by atoms with E-state index < -0.39 is 29.5 Å². The monoisotopic (exact) mass is 339 g/mol. The standard InChI is InChI=1S/C13H17N5O6/c1-3-23-9(20)6-5-8(19)11-15-17-12(18-16-11)13(22)14-7-10(21)24-4-2/h3-7H2,1-2H3,(H,14,22). The fourth-order valence-electron chi connectivity index (χ4n) is 1.44. The number of ether oxygens (including phenoxy) is 2. The summed E-state index contributed by atoms with van der Waals surface area (Å²) in [6.45, 7) is 3.35. The summed E-state index contributed by atoms with van der Waals surface area (Å²) < 4.78 is 9.32. The van der Waals surface area contributed by atoms with Gasteiger partial charge in [0.1, 0.15) is 6.54 Å². The fraction of sp³-hybridized carbons (Fsp3) is 0.538. The number of ketones is 1. The predicted molar refractivity (Wildman–Crippen MR) is 76.8 cm³/mol. The van der Waals surface area contributed by atoms with Gasteiger partial charge in [0.25, 0.3) is 11.7 Å². The van der Waals surface area contributed by atoms with E-state index in [-0.39, 0.29) is 38.4 Å². The molecule has 0 saturated carbocycles. The van der Waals surface area contributed by atoms with E-state index in [0.717, 1.165) is 0 Å². The summed E-state index contributed by atoms with van der Waals surface area (Å²) >= 11 is 0. The topological polar surface area (TPSA) is 150 Å². The largest absolute Gasteiger partial charge is 0.466 e. The first-order valence-corrected chi connectivity index (χ1v) is 7.17. The highest BCUT2D eigenvalue weighted by Crippen LogP contribution is 2.00. The third-order valence-corrected chi connectivity index (χ3v) is 2.49. The van der Waals surface area contributed by atoms with Gasteiger partial charge in [0.2, 0.25) is 11.6 Å². The van der Waals surface area contributed by atoms with Crippen LogP contribution in [-0.4, -0.2) is 63.8 Å². The molecule has 11 heteroatoms. The molecule has 0 fully saturated rings. The van der Waals surface area contributed by atoms with Gasteiger partial charge >= 0.3 is 11.9 Å². The molecular formula is C13H17N5O6. The van der Waals surface area contributed by atoms with E-state index in [1.165, 1.54) is 0 Å². The van der Waals surface area contributed by atoms with Crippen molar-refractivity contribution < 1.29 is 28.7 Å². The average Bonchev–Trinajstić information content (AvgIpc) is 2.58. The summed E-state index contributed by atoms with van der Waals surface area (Å²) in [5.41, 5.74) is 0. The van der Waals surface area contributed by atoms with E-state index in [0.29, 0.717) is 0 Å². The van der Waals surface area contributed by atoms with E-state index >= 15 is 0 Å². The number of amides is 1. The van der Waals surface area contributed by atoms with Crippen LogP contribution in [0.25, 0.3) is 0 Å². The maximum absolute atomic E-state index is 11.7. The van der Waals surface area contributed by atoms with Crippen molar-refractivity contribution in [3.8, 4) is 0 Å². The van der Waals surface area contributed by atoms with Crippen LogP contribution in [0, 0.1) is 0 Å². The van der Waals surface area contributed by atoms with Crippen LogP contribution in [0.1, 0.15) is 47.9 Å². The number of esters is 2. The second-order valence-electron chi connectivity index (χ2n) is 4.26. The van der Waals surface area contributed by atoms with Crippen LogP contribution in [0.5, 0.6) is 0 Å². The number of carbonyl (C=O) groups excluding carboxylic acids is 4. The van der Waals surface area contributed by atoms with Gasteiger partial charge in [-0.2, -0.15) is 0 Å². The van der Waals surface area contributed by atoms with Crippen molar-refractivity contribution in [1.82, 2.24) is 25.7 Å². The Kier molecular flexibility index (Phi) is 7.88. The van der Waals surface area contributed by atoms with Crippen molar-refractivity contribution in [1.29, 1.82) is 0 Å². The van der Waals surface area contributed by atoms with Crippen LogP contribution in [0.2, 0.25) is 0 Å². The Balaban J connectivity index is 2.52. The van der Waals surface area contributed by atoms with Crippen LogP contribution < -0.4 is 5.32 Å². The highest BCUT2D eigenvalue weighted by molar-refractivity contribution is 5.95. The van der Waals surface area contributed by atoms with Gasteiger partial charge in [-0.25, -0.2) is 0 Å². The fourth-order valence-corrected chi connectivity index (χ4v) is 1.44. The Morgan fingerprint density at radius 2 is 1.38 bits per heavy atom. The van der Waals surface area contributed by atoms with Crippen molar-refractivity contribution in [2.24, 2.45) is 0 Å². The van der Waals surface area contributed by atoms with Crippen molar-refractivity contribution >= 4 is 23.6 Å². The number of carbonyl (C=O) groups is 4. The number of hydrogen-bond acceptors (Lipinski definition) is 10. The van der Waals surface area contributed by atoms with E-state index in [9.17, 15) is 19.2 Å². The zero-order chi connectivity index (χ0) is 17.9. The minimum atomic E-state index is -0.784. The van der Waals surface area contributed by atoms with E-state index in [1.807, 2.05) is 0 Å². The molecule has 11 nitrogen and oxygen atoms in total. The van der Waals surface area contributed by atoms with Crippen molar-refractivity contribution in [3.63, 3.8) is 0 Å². The zero-order valence-electron chi connectivity index (χ0n) is 13.3. The first-order chi connectivity index (χ1) is 11.5. The lowest BCUT2D eigenvalue weighted by Gasteiger charge is -2.03. The van der Waals surface area contributed by atoms with Gasteiger partial charge in [-0.15, -0.1) is 20.4 Å². The summed E-state index contributed by atoms with van der Waals surface area (Å²) in [5.74, 6) is -3.18. The van der Waals surface area contributed by atoms with Crippen LogP contribution >= 0.6 is 0 Å². The highest BCUT2D eigenvalue weighted by atomic mass is 16.5. The molecule has 0 atom stereocenters. The number of aromatic nitrogens is 4. The summed E-state index contributed by atoms with van der Waals surface area (Å²) in [5, 5.41) is 16.1. The first kappa shape index (κ1) is 19.1. The number of hydrogen-bond donors (Lipinski definition) is 1. The molecule has 0 bridgehead atoms. The minimum absolute atomic E-state index is 0.113. The molecule has 0 aliphatic carbocycles. The summed E-state index contributed by atoms with van der Waals surface area (Å²) in [4.78, 5) is 45.7. The molecule has 24 heavy (non-hydrogen) atoms. The molecule has 0 saturated heterocycles. The number of Topliss-reactive ketones (excluding diaryl/α,β-unsaturated/α-hetero) is 1.